The maximum absolute atomic E-state index is 4.28. The number of rotatable bonds is 0. The van der Waals surface area contributed by atoms with Crippen LogP contribution < -0.4 is 0 Å². The van der Waals surface area contributed by atoms with Gasteiger partial charge in [-0.25, -0.2) is 0 Å². The minimum atomic E-state index is 1.04. The molecule has 46 valence electrons. The second-order valence-corrected chi connectivity index (χ2v) is 2.30. The summed E-state index contributed by atoms with van der Waals surface area (Å²) in [6.07, 6.45) is 2.42. The summed E-state index contributed by atoms with van der Waals surface area (Å²) in [5.74, 6) is 1.25. The summed E-state index contributed by atoms with van der Waals surface area (Å²) < 4.78 is 0. The highest BCUT2D eigenvalue weighted by molar-refractivity contribution is 5.83. The third kappa shape index (κ3) is 0.997. The van der Waals surface area contributed by atoms with Crippen LogP contribution in [0.4, 0.5) is 0 Å². The minimum Gasteiger partial charge on any atom is -0.366 e. The molecule has 2 nitrogen and oxygen atoms in total. The van der Waals surface area contributed by atoms with Gasteiger partial charge in [-0.3, -0.25) is 4.99 Å². The van der Waals surface area contributed by atoms with Crippen LogP contribution >= 0.6 is 0 Å². The van der Waals surface area contributed by atoms with Gasteiger partial charge in [-0.1, -0.05) is 0 Å². The highest BCUT2D eigenvalue weighted by Gasteiger charge is 2.05. The third-order valence-electron chi connectivity index (χ3n) is 1.37. The Morgan fingerprint density at radius 3 is 2.50 bits per heavy atom. The number of hydrogen-bond acceptors (Lipinski definition) is 2. The van der Waals surface area contributed by atoms with Crippen LogP contribution in [0.1, 0.15) is 12.8 Å². The average molecular weight is 112 g/mol. The molecule has 0 amide bonds. The van der Waals surface area contributed by atoms with Crippen LogP contribution in [0.25, 0.3) is 0 Å². The van der Waals surface area contributed by atoms with Crippen molar-refractivity contribution in [2.45, 2.75) is 12.8 Å². The SMILES string of the molecule is CN(C)C1=NCCC1. The van der Waals surface area contributed by atoms with Crippen molar-refractivity contribution in [3.8, 4) is 0 Å². The summed E-state index contributed by atoms with van der Waals surface area (Å²) in [6.45, 7) is 1.04. The topological polar surface area (TPSA) is 15.6 Å². The summed E-state index contributed by atoms with van der Waals surface area (Å²) in [7, 11) is 4.09. The van der Waals surface area contributed by atoms with Crippen LogP contribution in [0.2, 0.25) is 0 Å². The van der Waals surface area contributed by atoms with Gasteiger partial charge in [-0.05, 0) is 6.42 Å². The van der Waals surface area contributed by atoms with Crippen LogP contribution in [0.15, 0.2) is 4.99 Å². The van der Waals surface area contributed by atoms with Crippen molar-refractivity contribution in [3.63, 3.8) is 0 Å². The summed E-state index contributed by atoms with van der Waals surface area (Å²) in [4.78, 5) is 6.37. The summed E-state index contributed by atoms with van der Waals surface area (Å²) in [5, 5.41) is 0. The molecule has 1 heterocycles. The number of aliphatic imine (C=N–C) groups is 1. The van der Waals surface area contributed by atoms with Crippen LogP contribution in [-0.2, 0) is 0 Å². The van der Waals surface area contributed by atoms with Gasteiger partial charge >= 0.3 is 0 Å². The fourth-order valence-corrected chi connectivity index (χ4v) is 0.889. The van der Waals surface area contributed by atoms with E-state index in [1.165, 1.54) is 18.7 Å². The average Bonchev–Trinajstić information content (AvgIpc) is 2.12. The van der Waals surface area contributed by atoms with Crippen molar-refractivity contribution in [1.29, 1.82) is 0 Å². The molecule has 2 heteroatoms. The van der Waals surface area contributed by atoms with Gasteiger partial charge in [0.25, 0.3) is 0 Å². The molecular formula is C6H12N2. The van der Waals surface area contributed by atoms with E-state index in [-0.39, 0.29) is 0 Å². The summed E-state index contributed by atoms with van der Waals surface area (Å²) in [5.41, 5.74) is 0. The zero-order valence-corrected chi connectivity index (χ0v) is 5.52. The largest absolute Gasteiger partial charge is 0.366 e. The molecule has 0 aromatic rings. The normalized spacial score (nSPS) is 18.5. The Morgan fingerprint density at radius 1 is 1.50 bits per heavy atom. The first-order chi connectivity index (χ1) is 3.80. The highest BCUT2D eigenvalue weighted by atomic mass is 15.1. The molecule has 0 saturated heterocycles. The molecule has 0 radical (unpaired) electrons. The van der Waals surface area contributed by atoms with Crippen LogP contribution in [0.5, 0.6) is 0 Å². The Hall–Kier alpha value is -0.530. The van der Waals surface area contributed by atoms with E-state index >= 15 is 0 Å². The zero-order chi connectivity index (χ0) is 5.98. The molecule has 0 saturated carbocycles. The lowest BCUT2D eigenvalue weighted by Gasteiger charge is -2.09. The molecule has 0 aromatic carbocycles. The van der Waals surface area contributed by atoms with Crippen molar-refractivity contribution >= 4 is 5.84 Å². The predicted molar refractivity (Wildman–Crippen MR) is 35.2 cm³/mol. The van der Waals surface area contributed by atoms with E-state index in [1.807, 2.05) is 14.1 Å². The van der Waals surface area contributed by atoms with E-state index in [1.54, 1.807) is 0 Å². The molecule has 1 rings (SSSR count). The molecule has 0 aromatic heterocycles. The van der Waals surface area contributed by atoms with E-state index in [4.69, 9.17) is 0 Å². The Kier molecular flexibility index (Phi) is 1.51. The lowest BCUT2D eigenvalue weighted by Crippen LogP contribution is -2.18. The van der Waals surface area contributed by atoms with Gasteiger partial charge in [0, 0.05) is 27.1 Å². The first-order valence-corrected chi connectivity index (χ1v) is 3.01. The van der Waals surface area contributed by atoms with Gasteiger partial charge in [0.1, 0.15) is 0 Å². The molecule has 8 heavy (non-hydrogen) atoms. The smallest absolute Gasteiger partial charge is 0.0984 e. The van der Waals surface area contributed by atoms with Crippen LogP contribution in [0, 0.1) is 0 Å². The van der Waals surface area contributed by atoms with Crippen LogP contribution in [-0.4, -0.2) is 31.4 Å². The standard InChI is InChI=1S/C6H12N2/c1-8(2)6-4-3-5-7-6/h3-5H2,1-2H3. The highest BCUT2D eigenvalue weighted by Crippen LogP contribution is 2.04. The molecule has 0 unspecified atom stereocenters. The maximum Gasteiger partial charge on any atom is 0.0984 e. The molecular weight excluding hydrogens is 100 g/mol. The Morgan fingerprint density at radius 2 is 2.25 bits per heavy atom. The second kappa shape index (κ2) is 2.16. The summed E-state index contributed by atoms with van der Waals surface area (Å²) >= 11 is 0. The first-order valence-electron chi connectivity index (χ1n) is 3.01. The van der Waals surface area contributed by atoms with Crippen molar-refractivity contribution in [2.24, 2.45) is 4.99 Å². The van der Waals surface area contributed by atoms with Gasteiger partial charge in [-0.15, -0.1) is 0 Å². The van der Waals surface area contributed by atoms with E-state index in [0.717, 1.165) is 6.54 Å². The molecule has 1 aliphatic rings. The summed E-state index contributed by atoms with van der Waals surface area (Å²) in [6, 6.07) is 0. The van der Waals surface area contributed by atoms with Gasteiger partial charge in [0.15, 0.2) is 0 Å². The van der Waals surface area contributed by atoms with Crippen molar-refractivity contribution in [2.75, 3.05) is 20.6 Å². The molecule has 0 bridgehead atoms. The number of hydrogen-bond donors (Lipinski definition) is 0. The molecule has 0 N–H and O–H groups in total. The molecule has 0 atom stereocenters. The lowest BCUT2D eigenvalue weighted by atomic mass is 10.3. The van der Waals surface area contributed by atoms with E-state index in [0.29, 0.717) is 0 Å². The minimum absolute atomic E-state index is 1.04. The molecule has 1 aliphatic heterocycles. The second-order valence-electron chi connectivity index (χ2n) is 2.30. The van der Waals surface area contributed by atoms with Gasteiger partial charge < -0.3 is 4.90 Å². The lowest BCUT2D eigenvalue weighted by molar-refractivity contribution is 0.611. The quantitative estimate of drug-likeness (QED) is 0.451. The number of nitrogens with zero attached hydrogens (tertiary/aromatic N) is 2. The van der Waals surface area contributed by atoms with E-state index in [9.17, 15) is 0 Å². The molecule has 0 fully saturated rings. The van der Waals surface area contributed by atoms with Crippen molar-refractivity contribution in [3.05, 3.63) is 0 Å². The molecule has 0 aliphatic carbocycles. The van der Waals surface area contributed by atoms with Crippen LogP contribution in [0.3, 0.4) is 0 Å². The third-order valence-corrected chi connectivity index (χ3v) is 1.37. The zero-order valence-electron chi connectivity index (χ0n) is 5.52. The van der Waals surface area contributed by atoms with Crippen molar-refractivity contribution in [1.82, 2.24) is 4.90 Å². The van der Waals surface area contributed by atoms with E-state index < -0.39 is 0 Å². The monoisotopic (exact) mass is 112 g/mol. The Balaban J connectivity index is 2.45. The van der Waals surface area contributed by atoms with Gasteiger partial charge in [-0.2, -0.15) is 0 Å². The van der Waals surface area contributed by atoms with Gasteiger partial charge in [0.2, 0.25) is 0 Å². The maximum atomic E-state index is 4.28. The molecule has 0 spiro atoms. The van der Waals surface area contributed by atoms with Crippen molar-refractivity contribution < 1.29 is 0 Å². The fourth-order valence-electron chi connectivity index (χ4n) is 0.889. The predicted octanol–water partition coefficient (Wildman–Crippen LogP) is 0.740. The Labute approximate surface area is 50.2 Å². The first kappa shape index (κ1) is 5.60. The fraction of sp³-hybridized carbons (Fsp3) is 0.833. The van der Waals surface area contributed by atoms with Gasteiger partial charge in [0.05, 0.1) is 5.84 Å². The van der Waals surface area contributed by atoms with E-state index in [2.05, 4.69) is 9.89 Å². The number of amidine groups is 1. The Bertz CT molecular complexity index is 105.